The summed E-state index contributed by atoms with van der Waals surface area (Å²) in [7, 11) is 0. The molecule has 0 bridgehead atoms. The molecule has 0 atom stereocenters. The van der Waals surface area contributed by atoms with Crippen LogP contribution >= 0.6 is 23.2 Å². The Bertz CT molecular complexity index is 411. The molecule has 0 radical (unpaired) electrons. The monoisotopic (exact) mass is 289 g/mol. The van der Waals surface area contributed by atoms with Crippen LogP contribution in [0.2, 0.25) is 10.0 Å². The average molecular weight is 290 g/mol. The molecular weight excluding hydrogens is 269 g/mol. The molecule has 18 heavy (non-hydrogen) atoms. The normalized spacial score (nSPS) is 12.0. The Hall–Kier alpha value is -0.440. The molecule has 0 aromatic heterocycles. The Morgan fingerprint density at radius 3 is 2.33 bits per heavy atom. The minimum Gasteiger partial charge on any atom is -0.489 e. The van der Waals surface area contributed by atoms with Crippen LogP contribution in [0.25, 0.3) is 0 Å². The van der Waals surface area contributed by atoms with E-state index in [0.717, 1.165) is 5.56 Å². The Morgan fingerprint density at radius 2 is 1.83 bits per heavy atom. The van der Waals surface area contributed by atoms with Gasteiger partial charge in [-0.1, -0.05) is 23.2 Å². The third-order valence-electron chi connectivity index (χ3n) is 2.25. The van der Waals surface area contributed by atoms with E-state index in [0.29, 0.717) is 22.3 Å². The number of halogens is 2. The fourth-order valence-electron chi connectivity index (χ4n) is 1.47. The maximum atomic E-state index is 6.19. The van der Waals surface area contributed by atoms with Crippen molar-refractivity contribution in [3.05, 3.63) is 27.7 Å². The lowest BCUT2D eigenvalue weighted by Gasteiger charge is -2.23. The number of rotatable bonds is 4. The SMILES string of the molecule is CC(C)Oc1c(Cl)cc(Cl)cc1CNC(C)(C)C. The first-order valence-electron chi connectivity index (χ1n) is 6.08. The van der Waals surface area contributed by atoms with Gasteiger partial charge in [0.05, 0.1) is 11.1 Å². The maximum absolute atomic E-state index is 6.19. The second kappa shape index (κ2) is 6.14. The van der Waals surface area contributed by atoms with Crippen molar-refractivity contribution in [2.75, 3.05) is 0 Å². The zero-order valence-electron chi connectivity index (χ0n) is 11.6. The van der Waals surface area contributed by atoms with Crippen LogP contribution in [-0.2, 0) is 6.54 Å². The smallest absolute Gasteiger partial charge is 0.142 e. The summed E-state index contributed by atoms with van der Waals surface area (Å²) in [5.74, 6) is 0.716. The summed E-state index contributed by atoms with van der Waals surface area (Å²) in [4.78, 5) is 0. The van der Waals surface area contributed by atoms with E-state index in [9.17, 15) is 0 Å². The lowest BCUT2D eigenvalue weighted by molar-refractivity contribution is 0.239. The molecule has 1 aromatic rings. The molecule has 1 N–H and O–H groups in total. The van der Waals surface area contributed by atoms with E-state index >= 15 is 0 Å². The Labute approximate surface area is 120 Å². The Morgan fingerprint density at radius 1 is 1.22 bits per heavy atom. The lowest BCUT2D eigenvalue weighted by atomic mass is 10.1. The number of ether oxygens (including phenoxy) is 1. The summed E-state index contributed by atoms with van der Waals surface area (Å²) >= 11 is 12.2. The summed E-state index contributed by atoms with van der Waals surface area (Å²) in [5, 5.41) is 4.59. The van der Waals surface area contributed by atoms with Gasteiger partial charge in [0.2, 0.25) is 0 Å². The molecule has 0 amide bonds. The largest absolute Gasteiger partial charge is 0.489 e. The molecule has 2 nitrogen and oxygen atoms in total. The molecular formula is C14H21Cl2NO. The molecule has 0 spiro atoms. The van der Waals surface area contributed by atoms with E-state index in [1.807, 2.05) is 19.9 Å². The van der Waals surface area contributed by atoms with Gasteiger partial charge in [-0.2, -0.15) is 0 Å². The third-order valence-corrected chi connectivity index (χ3v) is 2.75. The molecule has 0 unspecified atom stereocenters. The van der Waals surface area contributed by atoms with E-state index in [1.54, 1.807) is 6.07 Å². The summed E-state index contributed by atoms with van der Waals surface area (Å²) < 4.78 is 5.77. The first-order valence-corrected chi connectivity index (χ1v) is 6.84. The van der Waals surface area contributed by atoms with Gasteiger partial charge in [-0.25, -0.2) is 0 Å². The van der Waals surface area contributed by atoms with Crippen LogP contribution in [0.15, 0.2) is 12.1 Å². The van der Waals surface area contributed by atoms with Gasteiger partial charge in [0.15, 0.2) is 0 Å². The molecule has 0 aliphatic heterocycles. The maximum Gasteiger partial charge on any atom is 0.142 e. The molecule has 1 rings (SSSR count). The summed E-state index contributed by atoms with van der Waals surface area (Å²) in [6.45, 7) is 11.0. The number of hydrogen-bond acceptors (Lipinski definition) is 2. The van der Waals surface area contributed by atoms with E-state index in [2.05, 4.69) is 26.1 Å². The molecule has 0 aliphatic rings. The topological polar surface area (TPSA) is 21.3 Å². The Balaban J connectivity index is 3.00. The molecule has 0 fully saturated rings. The lowest BCUT2D eigenvalue weighted by Crippen LogP contribution is -2.35. The highest BCUT2D eigenvalue weighted by Crippen LogP contribution is 2.33. The average Bonchev–Trinajstić information content (AvgIpc) is 2.17. The molecule has 102 valence electrons. The van der Waals surface area contributed by atoms with Crippen LogP contribution in [0.5, 0.6) is 5.75 Å². The van der Waals surface area contributed by atoms with Crippen molar-refractivity contribution >= 4 is 23.2 Å². The zero-order valence-corrected chi connectivity index (χ0v) is 13.1. The van der Waals surface area contributed by atoms with Crippen molar-refractivity contribution in [1.29, 1.82) is 0 Å². The highest BCUT2D eigenvalue weighted by atomic mass is 35.5. The third kappa shape index (κ3) is 5.05. The molecule has 0 heterocycles. The van der Waals surface area contributed by atoms with Crippen molar-refractivity contribution in [1.82, 2.24) is 5.32 Å². The van der Waals surface area contributed by atoms with Gasteiger partial charge >= 0.3 is 0 Å². The van der Waals surface area contributed by atoms with Crippen molar-refractivity contribution in [2.45, 2.75) is 52.8 Å². The van der Waals surface area contributed by atoms with Crippen molar-refractivity contribution in [3.8, 4) is 5.75 Å². The van der Waals surface area contributed by atoms with Gasteiger partial charge in [0.1, 0.15) is 5.75 Å². The first kappa shape index (κ1) is 15.6. The van der Waals surface area contributed by atoms with E-state index in [4.69, 9.17) is 27.9 Å². The predicted octanol–water partition coefficient (Wildman–Crippen LogP) is 4.67. The summed E-state index contributed by atoms with van der Waals surface area (Å²) in [5.41, 5.74) is 1.01. The highest BCUT2D eigenvalue weighted by Gasteiger charge is 2.15. The molecule has 0 aliphatic carbocycles. The van der Waals surface area contributed by atoms with Gasteiger partial charge in [0.25, 0.3) is 0 Å². The van der Waals surface area contributed by atoms with Crippen LogP contribution in [0.1, 0.15) is 40.2 Å². The van der Waals surface area contributed by atoms with Crippen molar-refractivity contribution < 1.29 is 4.74 Å². The van der Waals surface area contributed by atoms with Gasteiger partial charge in [-0.3, -0.25) is 0 Å². The van der Waals surface area contributed by atoms with E-state index in [-0.39, 0.29) is 11.6 Å². The van der Waals surface area contributed by atoms with E-state index in [1.165, 1.54) is 0 Å². The number of nitrogens with one attached hydrogen (secondary N) is 1. The van der Waals surface area contributed by atoms with Crippen LogP contribution in [0.3, 0.4) is 0 Å². The van der Waals surface area contributed by atoms with Crippen LogP contribution in [0, 0.1) is 0 Å². The zero-order chi connectivity index (χ0) is 13.9. The molecule has 0 saturated heterocycles. The number of benzene rings is 1. The standard InChI is InChI=1S/C14H21Cl2NO/c1-9(2)18-13-10(8-17-14(3,4)5)6-11(15)7-12(13)16/h6-7,9,17H,8H2,1-5H3. The summed E-state index contributed by atoms with van der Waals surface area (Å²) in [6, 6.07) is 3.60. The van der Waals surface area contributed by atoms with Gasteiger partial charge in [0, 0.05) is 22.7 Å². The summed E-state index contributed by atoms with van der Waals surface area (Å²) in [6.07, 6.45) is 0.0806. The molecule has 0 saturated carbocycles. The second-order valence-electron chi connectivity index (χ2n) is 5.65. The van der Waals surface area contributed by atoms with Crippen LogP contribution in [-0.4, -0.2) is 11.6 Å². The van der Waals surface area contributed by atoms with E-state index < -0.39 is 0 Å². The predicted molar refractivity (Wildman–Crippen MR) is 78.8 cm³/mol. The highest BCUT2D eigenvalue weighted by molar-refractivity contribution is 6.35. The minimum absolute atomic E-state index is 0.0316. The molecule has 1 aromatic carbocycles. The van der Waals surface area contributed by atoms with Gasteiger partial charge < -0.3 is 10.1 Å². The molecule has 4 heteroatoms. The quantitative estimate of drug-likeness (QED) is 0.870. The van der Waals surface area contributed by atoms with Crippen LogP contribution < -0.4 is 10.1 Å². The number of hydrogen-bond donors (Lipinski definition) is 1. The van der Waals surface area contributed by atoms with Crippen molar-refractivity contribution in [2.24, 2.45) is 0 Å². The fraction of sp³-hybridized carbons (Fsp3) is 0.571. The second-order valence-corrected chi connectivity index (χ2v) is 6.49. The fourth-order valence-corrected chi connectivity index (χ4v) is 2.05. The Kier molecular flexibility index (Phi) is 5.32. The first-order chi connectivity index (χ1) is 8.19. The minimum atomic E-state index is 0.0316. The van der Waals surface area contributed by atoms with Crippen molar-refractivity contribution in [3.63, 3.8) is 0 Å². The van der Waals surface area contributed by atoms with Crippen LogP contribution in [0.4, 0.5) is 0 Å². The van der Waals surface area contributed by atoms with Gasteiger partial charge in [-0.15, -0.1) is 0 Å². The van der Waals surface area contributed by atoms with Gasteiger partial charge in [-0.05, 0) is 46.8 Å².